The van der Waals surface area contributed by atoms with Gasteiger partial charge in [-0.1, -0.05) is 12.0 Å². The fraction of sp³-hybridized carbons (Fsp3) is 0.600. The van der Waals surface area contributed by atoms with Crippen molar-refractivity contribution < 1.29 is 4.74 Å². The molecule has 1 unspecified atom stereocenters. The Bertz CT molecular complexity index is 166. The standard InChI is InChI=1S/C10H16O/c1-6-8-9(7-2)11-10(3,4)5/h2,6,8-9H,1,3-5H3. The zero-order valence-electron chi connectivity index (χ0n) is 7.72. The predicted octanol–water partition coefficient (Wildman–Crippen LogP) is 2.38. The van der Waals surface area contributed by atoms with Gasteiger partial charge in [0.1, 0.15) is 6.10 Å². The molecule has 0 amide bonds. The lowest BCUT2D eigenvalue weighted by atomic mass is 10.2. The molecule has 0 aromatic heterocycles. The maximum atomic E-state index is 5.50. The number of allylic oxidation sites excluding steroid dienone is 1. The molecule has 0 aromatic rings. The Hall–Kier alpha value is -0.740. The maximum absolute atomic E-state index is 5.50. The molecule has 0 saturated heterocycles. The highest BCUT2D eigenvalue weighted by Gasteiger charge is 2.13. The van der Waals surface area contributed by atoms with E-state index in [2.05, 4.69) is 5.92 Å². The van der Waals surface area contributed by atoms with Crippen LogP contribution in [0.15, 0.2) is 12.2 Å². The lowest BCUT2D eigenvalue weighted by Crippen LogP contribution is -2.25. The Kier molecular flexibility index (Phi) is 3.92. The van der Waals surface area contributed by atoms with Gasteiger partial charge in [-0.3, -0.25) is 0 Å². The molecular formula is C10H16O. The zero-order valence-corrected chi connectivity index (χ0v) is 7.72. The highest BCUT2D eigenvalue weighted by atomic mass is 16.5. The molecule has 0 aromatic carbocycles. The molecule has 0 N–H and O–H groups in total. The van der Waals surface area contributed by atoms with Crippen molar-refractivity contribution in [3.05, 3.63) is 12.2 Å². The maximum Gasteiger partial charge on any atom is 0.136 e. The van der Waals surface area contributed by atoms with Crippen LogP contribution >= 0.6 is 0 Å². The van der Waals surface area contributed by atoms with Gasteiger partial charge in [-0.25, -0.2) is 0 Å². The highest BCUT2D eigenvalue weighted by Crippen LogP contribution is 2.10. The summed E-state index contributed by atoms with van der Waals surface area (Å²) in [7, 11) is 0. The molecule has 0 heterocycles. The van der Waals surface area contributed by atoms with E-state index in [1.807, 2.05) is 39.8 Å². The molecule has 0 radical (unpaired) electrons. The summed E-state index contributed by atoms with van der Waals surface area (Å²) in [5.74, 6) is 2.55. The molecule has 0 aliphatic carbocycles. The van der Waals surface area contributed by atoms with Gasteiger partial charge in [0.25, 0.3) is 0 Å². The van der Waals surface area contributed by atoms with Gasteiger partial charge in [0.2, 0.25) is 0 Å². The Morgan fingerprint density at radius 1 is 1.45 bits per heavy atom. The number of hydrogen-bond acceptors (Lipinski definition) is 1. The van der Waals surface area contributed by atoms with Gasteiger partial charge < -0.3 is 4.74 Å². The molecule has 62 valence electrons. The summed E-state index contributed by atoms with van der Waals surface area (Å²) in [5, 5.41) is 0. The van der Waals surface area contributed by atoms with E-state index in [-0.39, 0.29) is 11.7 Å². The first-order valence-corrected chi connectivity index (χ1v) is 3.76. The van der Waals surface area contributed by atoms with Crippen LogP contribution in [-0.2, 0) is 4.74 Å². The van der Waals surface area contributed by atoms with E-state index in [4.69, 9.17) is 11.2 Å². The quantitative estimate of drug-likeness (QED) is 0.436. The molecule has 1 heteroatoms. The van der Waals surface area contributed by atoms with Crippen LogP contribution in [0.3, 0.4) is 0 Å². The average molecular weight is 152 g/mol. The molecule has 0 fully saturated rings. The van der Waals surface area contributed by atoms with E-state index < -0.39 is 0 Å². The monoisotopic (exact) mass is 152 g/mol. The summed E-state index contributed by atoms with van der Waals surface area (Å²) in [6.07, 6.45) is 8.81. The number of hydrogen-bond donors (Lipinski definition) is 0. The summed E-state index contributed by atoms with van der Waals surface area (Å²) in [6.45, 7) is 7.89. The van der Waals surface area contributed by atoms with E-state index in [0.717, 1.165) is 0 Å². The van der Waals surface area contributed by atoms with E-state index in [9.17, 15) is 0 Å². The lowest BCUT2D eigenvalue weighted by molar-refractivity contribution is -0.0140. The summed E-state index contributed by atoms with van der Waals surface area (Å²) in [4.78, 5) is 0. The van der Waals surface area contributed by atoms with Crippen molar-refractivity contribution >= 4 is 0 Å². The van der Waals surface area contributed by atoms with Gasteiger partial charge in [0, 0.05) is 0 Å². The minimum absolute atomic E-state index is 0.170. The minimum atomic E-state index is -0.194. The van der Waals surface area contributed by atoms with Gasteiger partial charge in [-0.05, 0) is 33.8 Å². The van der Waals surface area contributed by atoms with Crippen LogP contribution in [0.5, 0.6) is 0 Å². The van der Waals surface area contributed by atoms with Gasteiger partial charge in [-0.2, -0.15) is 0 Å². The highest BCUT2D eigenvalue weighted by molar-refractivity contribution is 5.07. The number of terminal acetylenes is 1. The van der Waals surface area contributed by atoms with Crippen molar-refractivity contribution in [1.82, 2.24) is 0 Å². The average Bonchev–Trinajstić information content (AvgIpc) is 1.84. The molecular weight excluding hydrogens is 136 g/mol. The van der Waals surface area contributed by atoms with Crippen LogP contribution in [0.25, 0.3) is 0 Å². The third-order valence-corrected chi connectivity index (χ3v) is 1.01. The third kappa shape index (κ3) is 5.69. The number of ether oxygens (including phenoxy) is 1. The van der Waals surface area contributed by atoms with Crippen molar-refractivity contribution in [2.24, 2.45) is 0 Å². The minimum Gasteiger partial charge on any atom is -0.356 e. The van der Waals surface area contributed by atoms with Crippen molar-refractivity contribution in [2.45, 2.75) is 39.4 Å². The number of rotatable bonds is 2. The topological polar surface area (TPSA) is 9.23 Å². The summed E-state index contributed by atoms with van der Waals surface area (Å²) in [5.41, 5.74) is -0.170. The van der Waals surface area contributed by atoms with Crippen LogP contribution in [0.4, 0.5) is 0 Å². The molecule has 1 nitrogen and oxygen atoms in total. The second kappa shape index (κ2) is 4.20. The van der Waals surface area contributed by atoms with E-state index in [1.54, 1.807) is 0 Å². The fourth-order valence-corrected chi connectivity index (χ4v) is 0.685. The van der Waals surface area contributed by atoms with Crippen molar-refractivity contribution in [1.29, 1.82) is 0 Å². The molecule has 11 heavy (non-hydrogen) atoms. The van der Waals surface area contributed by atoms with Gasteiger partial charge in [0.15, 0.2) is 0 Å². The fourth-order valence-electron chi connectivity index (χ4n) is 0.685. The molecule has 1 atom stereocenters. The third-order valence-electron chi connectivity index (χ3n) is 1.01. The molecule has 0 aliphatic heterocycles. The first-order chi connectivity index (χ1) is 4.99. The summed E-state index contributed by atoms with van der Waals surface area (Å²) < 4.78 is 5.50. The predicted molar refractivity (Wildman–Crippen MR) is 48.3 cm³/mol. The summed E-state index contributed by atoms with van der Waals surface area (Å²) >= 11 is 0. The second-order valence-corrected chi connectivity index (χ2v) is 3.34. The molecule has 0 saturated carbocycles. The van der Waals surface area contributed by atoms with Gasteiger partial charge >= 0.3 is 0 Å². The Labute approximate surface area is 69.4 Å². The Balaban J connectivity index is 4.02. The van der Waals surface area contributed by atoms with Crippen LogP contribution in [0, 0.1) is 12.3 Å². The van der Waals surface area contributed by atoms with Crippen molar-refractivity contribution in [2.75, 3.05) is 0 Å². The van der Waals surface area contributed by atoms with Gasteiger partial charge in [0.05, 0.1) is 5.60 Å². The van der Waals surface area contributed by atoms with Crippen LogP contribution in [0.2, 0.25) is 0 Å². The molecule has 0 spiro atoms. The zero-order chi connectivity index (χ0) is 8.91. The van der Waals surface area contributed by atoms with Crippen LogP contribution in [-0.4, -0.2) is 11.7 Å². The normalized spacial score (nSPS) is 14.8. The Morgan fingerprint density at radius 2 is 2.00 bits per heavy atom. The van der Waals surface area contributed by atoms with Gasteiger partial charge in [-0.15, -0.1) is 6.42 Å². The molecule has 0 rings (SSSR count). The van der Waals surface area contributed by atoms with E-state index in [0.29, 0.717) is 0 Å². The van der Waals surface area contributed by atoms with E-state index >= 15 is 0 Å². The summed E-state index contributed by atoms with van der Waals surface area (Å²) in [6, 6.07) is 0. The first-order valence-electron chi connectivity index (χ1n) is 3.76. The molecule has 0 bridgehead atoms. The van der Waals surface area contributed by atoms with Crippen LogP contribution in [0.1, 0.15) is 27.7 Å². The SMILES string of the molecule is C#CC(C=CC)OC(C)(C)C. The Morgan fingerprint density at radius 3 is 2.27 bits per heavy atom. The smallest absolute Gasteiger partial charge is 0.136 e. The second-order valence-electron chi connectivity index (χ2n) is 3.34. The van der Waals surface area contributed by atoms with Crippen molar-refractivity contribution in [3.63, 3.8) is 0 Å². The largest absolute Gasteiger partial charge is 0.356 e. The first kappa shape index (κ1) is 10.3. The molecule has 0 aliphatic rings. The lowest BCUT2D eigenvalue weighted by Gasteiger charge is -2.22. The van der Waals surface area contributed by atoms with Crippen molar-refractivity contribution in [3.8, 4) is 12.3 Å². The van der Waals surface area contributed by atoms with E-state index in [1.165, 1.54) is 0 Å². The van der Waals surface area contributed by atoms with Crippen LogP contribution < -0.4 is 0 Å².